The molecule has 0 bridgehead atoms. The minimum Gasteiger partial charge on any atom is -0.493 e. The van der Waals surface area contributed by atoms with Gasteiger partial charge in [0.2, 0.25) is 0 Å². The fourth-order valence-electron chi connectivity index (χ4n) is 1.61. The smallest absolute Gasteiger partial charge is 0.350 e. The fourth-order valence-corrected chi connectivity index (χ4v) is 1.92. The van der Waals surface area contributed by atoms with Crippen LogP contribution in [0.2, 0.25) is 0 Å². The van der Waals surface area contributed by atoms with Crippen LogP contribution in [0, 0.1) is 0 Å². The number of ether oxygens (including phenoxy) is 3. The summed E-state index contributed by atoms with van der Waals surface area (Å²) in [6.45, 7) is 9.57. The third-order valence-corrected chi connectivity index (χ3v) is 3.38. The van der Waals surface area contributed by atoms with Gasteiger partial charge in [-0.2, -0.15) is 0 Å². The molecule has 1 rings (SSSR count). The molecule has 0 amide bonds. The maximum atomic E-state index is 12.2. The van der Waals surface area contributed by atoms with Gasteiger partial charge >= 0.3 is 5.97 Å². The normalized spacial score (nSPS) is 11.9. The Morgan fingerprint density at radius 3 is 2.36 bits per heavy atom. The van der Waals surface area contributed by atoms with E-state index in [1.807, 2.05) is 32.9 Å². The lowest BCUT2D eigenvalue weighted by Gasteiger charge is -2.29. The predicted molar refractivity (Wildman–Crippen MR) is 96.0 cm³/mol. The van der Waals surface area contributed by atoms with E-state index in [1.165, 1.54) is 0 Å². The highest BCUT2D eigenvalue weighted by Gasteiger charge is 2.34. The summed E-state index contributed by atoms with van der Waals surface area (Å²) in [5.41, 5.74) is -1.60. The summed E-state index contributed by atoms with van der Waals surface area (Å²) >= 11 is 2.32. The first-order chi connectivity index (χ1) is 10.1. The van der Waals surface area contributed by atoms with E-state index in [1.54, 1.807) is 26.0 Å². The van der Waals surface area contributed by atoms with Crippen molar-refractivity contribution in [3.63, 3.8) is 0 Å². The van der Waals surface area contributed by atoms with Crippen molar-refractivity contribution in [2.75, 3.05) is 11.0 Å². The van der Waals surface area contributed by atoms with Crippen molar-refractivity contribution < 1.29 is 19.0 Å². The Balaban J connectivity index is 2.72. The van der Waals surface area contributed by atoms with Crippen LogP contribution in [0.5, 0.6) is 11.5 Å². The predicted octanol–water partition coefficient (Wildman–Crippen LogP) is 4.39. The van der Waals surface area contributed by atoms with E-state index in [2.05, 4.69) is 22.6 Å². The van der Waals surface area contributed by atoms with Crippen LogP contribution in [0.3, 0.4) is 0 Å². The maximum Gasteiger partial charge on any atom is 0.350 e. The average Bonchev–Trinajstić information content (AvgIpc) is 2.37. The highest BCUT2D eigenvalue weighted by Crippen LogP contribution is 2.25. The summed E-state index contributed by atoms with van der Waals surface area (Å²) in [5.74, 6) is 0.932. The van der Waals surface area contributed by atoms with Gasteiger partial charge in [0.1, 0.15) is 17.1 Å². The number of rotatable bonds is 7. The molecule has 1 aromatic carbocycles. The van der Waals surface area contributed by atoms with Crippen LogP contribution >= 0.6 is 22.6 Å². The van der Waals surface area contributed by atoms with Gasteiger partial charge in [0, 0.05) is 10.5 Å². The number of esters is 1. The van der Waals surface area contributed by atoms with E-state index in [0.717, 1.165) is 16.6 Å². The quantitative estimate of drug-likeness (QED) is 0.284. The van der Waals surface area contributed by atoms with Gasteiger partial charge in [0.05, 0.1) is 6.61 Å². The molecule has 0 aliphatic carbocycles. The van der Waals surface area contributed by atoms with Crippen LogP contribution in [0.1, 0.15) is 41.0 Å². The molecular formula is C17H25IO4. The minimum atomic E-state index is -1.06. The largest absolute Gasteiger partial charge is 0.493 e. The number of hydrogen-bond acceptors (Lipinski definition) is 4. The van der Waals surface area contributed by atoms with Crippen molar-refractivity contribution in [1.82, 2.24) is 0 Å². The van der Waals surface area contributed by atoms with Crippen LogP contribution in [-0.4, -0.2) is 28.2 Å². The molecule has 0 saturated heterocycles. The third kappa shape index (κ3) is 6.85. The van der Waals surface area contributed by atoms with Crippen molar-refractivity contribution in [2.24, 2.45) is 0 Å². The Kier molecular flexibility index (Phi) is 6.97. The van der Waals surface area contributed by atoms with Crippen molar-refractivity contribution in [3.05, 3.63) is 24.3 Å². The number of hydrogen-bond donors (Lipinski definition) is 0. The van der Waals surface area contributed by atoms with E-state index in [-0.39, 0.29) is 0 Å². The van der Waals surface area contributed by atoms with Crippen LogP contribution in [0.25, 0.3) is 0 Å². The molecule has 0 aliphatic rings. The molecule has 0 fully saturated rings. The van der Waals surface area contributed by atoms with Gasteiger partial charge in [-0.3, -0.25) is 0 Å². The molecule has 22 heavy (non-hydrogen) atoms. The molecule has 124 valence electrons. The number of alkyl halides is 1. The summed E-state index contributed by atoms with van der Waals surface area (Å²) in [7, 11) is 0. The Hall–Kier alpha value is -0.980. The van der Waals surface area contributed by atoms with Crippen molar-refractivity contribution in [3.8, 4) is 11.5 Å². The second kappa shape index (κ2) is 8.04. The first-order valence-electron chi connectivity index (χ1n) is 7.35. The number of carbonyl (C=O) groups excluding carboxylic acids is 1. The maximum absolute atomic E-state index is 12.2. The van der Waals surface area contributed by atoms with Crippen molar-refractivity contribution in [1.29, 1.82) is 0 Å². The van der Waals surface area contributed by atoms with Gasteiger partial charge < -0.3 is 14.2 Å². The second-order valence-corrected chi connectivity index (χ2v) is 7.56. The van der Waals surface area contributed by atoms with Crippen LogP contribution < -0.4 is 9.47 Å². The molecule has 0 unspecified atom stereocenters. The fraction of sp³-hybridized carbons (Fsp3) is 0.588. The molecule has 1 aromatic rings. The van der Waals surface area contributed by atoms with Gasteiger partial charge in [-0.05, 0) is 53.2 Å². The molecule has 0 radical (unpaired) electrons. The van der Waals surface area contributed by atoms with Crippen molar-refractivity contribution in [2.45, 2.75) is 52.2 Å². The topological polar surface area (TPSA) is 44.8 Å². The van der Waals surface area contributed by atoms with Gasteiger partial charge in [0.15, 0.2) is 5.60 Å². The highest BCUT2D eigenvalue weighted by molar-refractivity contribution is 14.1. The highest BCUT2D eigenvalue weighted by atomic mass is 127. The van der Waals surface area contributed by atoms with E-state index >= 15 is 0 Å². The Morgan fingerprint density at radius 2 is 1.77 bits per heavy atom. The van der Waals surface area contributed by atoms with Crippen LogP contribution in [0.4, 0.5) is 0 Å². The number of benzene rings is 1. The minimum absolute atomic E-state index is 0.392. The first kappa shape index (κ1) is 19.1. The summed E-state index contributed by atoms with van der Waals surface area (Å²) in [5, 5.41) is 0. The first-order valence-corrected chi connectivity index (χ1v) is 8.88. The summed E-state index contributed by atoms with van der Waals surface area (Å²) < 4.78 is 17.9. The zero-order valence-electron chi connectivity index (χ0n) is 13.9. The van der Waals surface area contributed by atoms with Crippen molar-refractivity contribution >= 4 is 28.6 Å². The lowest BCUT2D eigenvalue weighted by molar-refractivity contribution is -0.170. The summed E-state index contributed by atoms with van der Waals surface area (Å²) in [6, 6.07) is 7.32. The number of carbonyl (C=O) groups is 1. The zero-order valence-corrected chi connectivity index (χ0v) is 16.1. The molecule has 0 aliphatic heterocycles. The molecular weight excluding hydrogens is 395 g/mol. The van der Waals surface area contributed by atoms with E-state index < -0.39 is 17.2 Å². The molecule has 0 saturated carbocycles. The van der Waals surface area contributed by atoms with E-state index in [0.29, 0.717) is 12.4 Å². The molecule has 4 nitrogen and oxygen atoms in total. The van der Waals surface area contributed by atoms with Crippen LogP contribution in [0.15, 0.2) is 24.3 Å². The summed E-state index contributed by atoms with van der Waals surface area (Å²) in [4.78, 5) is 12.2. The van der Waals surface area contributed by atoms with E-state index in [4.69, 9.17) is 14.2 Å². The van der Waals surface area contributed by atoms with Gasteiger partial charge in [0.25, 0.3) is 0 Å². The third-order valence-electron chi connectivity index (χ3n) is 2.62. The second-order valence-electron chi connectivity index (χ2n) is 6.48. The molecule has 0 atom stereocenters. The zero-order chi connectivity index (χ0) is 16.8. The molecule has 5 heteroatoms. The molecule has 0 N–H and O–H groups in total. The Morgan fingerprint density at radius 1 is 1.14 bits per heavy atom. The summed E-state index contributed by atoms with van der Waals surface area (Å²) in [6.07, 6.45) is 0.995. The van der Waals surface area contributed by atoms with Gasteiger partial charge in [-0.15, -0.1) is 0 Å². The Labute approximate surface area is 146 Å². The lowest BCUT2D eigenvalue weighted by atomic mass is 10.1. The molecule has 0 spiro atoms. The Bertz CT molecular complexity index is 492. The lowest BCUT2D eigenvalue weighted by Crippen LogP contribution is -2.43. The van der Waals surface area contributed by atoms with Crippen LogP contribution in [-0.2, 0) is 9.53 Å². The SMILES string of the molecule is CC(C)(C)OC(=O)C(C)(C)Oc1cccc(OCCCI)c1. The standard InChI is InChI=1S/C17H25IO4/c1-16(2,3)22-15(19)17(4,5)21-14-9-6-8-13(12-14)20-11-7-10-18/h6,8-9,12H,7,10-11H2,1-5H3. The monoisotopic (exact) mass is 420 g/mol. The number of halogens is 1. The van der Waals surface area contributed by atoms with E-state index in [9.17, 15) is 4.79 Å². The average molecular weight is 420 g/mol. The molecule has 0 aromatic heterocycles. The molecule has 0 heterocycles. The van der Waals surface area contributed by atoms with Gasteiger partial charge in [-0.1, -0.05) is 28.7 Å². The van der Waals surface area contributed by atoms with Gasteiger partial charge in [-0.25, -0.2) is 4.79 Å².